The van der Waals surface area contributed by atoms with E-state index in [9.17, 15) is 24.6 Å². The van der Waals surface area contributed by atoms with Gasteiger partial charge in [0.25, 0.3) is 0 Å². The average molecular weight is 1050 g/mol. The summed E-state index contributed by atoms with van der Waals surface area (Å²) in [5.41, 5.74) is 19.6. The molecule has 3 unspecified atom stereocenters. The molecule has 0 radical (unpaired) electrons. The van der Waals surface area contributed by atoms with Crippen molar-refractivity contribution in [2.75, 3.05) is 57.5 Å². The summed E-state index contributed by atoms with van der Waals surface area (Å²) in [5, 5.41) is 22.0. The van der Waals surface area contributed by atoms with Crippen molar-refractivity contribution in [2.24, 2.45) is 0 Å². The van der Waals surface area contributed by atoms with E-state index < -0.39 is 102 Å². The zero-order valence-corrected chi connectivity index (χ0v) is 40.3. The molecule has 9 heterocycles. The van der Waals surface area contributed by atoms with Crippen LogP contribution in [0.1, 0.15) is 31.5 Å². The molecule has 10 N–H and O–H groups in total. The van der Waals surface area contributed by atoms with Gasteiger partial charge in [-0.25, -0.2) is 44.9 Å². The molecule has 9 rings (SSSR count). The number of hydrogen-bond donors (Lipinski definition) is 7. The maximum atomic E-state index is 12.8. The van der Waals surface area contributed by atoms with E-state index in [-0.39, 0.29) is 52.4 Å². The Bertz CT molecular complexity index is 2960. The number of methoxy groups -OCH3 is 1. The molecule has 0 aliphatic carbocycles. The van der Waals surface area contributed by atoms with Crippen molar-refractivity contribution in [2.45, 2.75) is 80.4 Å². The molecule has 29 nitrogen and oxygen atoms in total. The minimum atomic E-state index is -4.34. The van der Waals surface area contributed by atoms with Crippen LogP contribution >= 0.6 is 20.8 Å². The molecule has 14 atom stereocenters. The van der Waals surface area contributed by atoms with Gasteiger partial charge in [-0.15, -0.1) is 0 Å². The summed E-state index contributed by atoms with van der Waals surface area (Å²) < 4.78 is 71.0. The van der Waals surface area contributed by atoms with E-state index in [1.807, 2.05) is 0 Å². The lowest BCUT2D eigenvalue weighted by molar-refractivity contribution is -0.0583. The number of ether oxygens (including phenoxy) is 4. The number of rotatable bonds is 18. The molecule has 6 aromatic heterocycles. The molecule has 0 amide bonds. The average Bonchev–Trinajstić information content (AvgIpc) is 4.17. The Balaban J connectivity index is 0.922. The van der Waals surface area contributed by atoms with Gasteiger partial charge in [-0.2, -0.15) is 0 Å². The van der Waals surface area contributed by atoms with E-state index >= 15 is 0 Å². The molecule has 0 saturated carbocycles. The molecule has 3 aliphatic rings. The maximum absolute atomic E-state index is 12.8. The van der Waals surface area contributed by atoms with Crippen LogP contribution in [0.3, 0.4) is 0 Å². The highest BCUT2D eigenvalue weighted by atomic mass is 32.5. The summed E-state index contributed by atoms with van der Waals surface area (Å²) in [7, 11) is -0.203. The van der Waals surface area contributed by atoms with Gasteiger partial charge in [0.2, 0.25) is 0 Å². The van der Waals surface area contributed by atoms with Crippen molar-refractivity contribution in [3.63, 3.8) is 0 Å². The molecule has 0 bridgehead atoms. The van der Waals surface area contributed by atoms with Crippen molar-refractivity contribution < 1.29 is 66.1 Å². The van der Waals surface area contributed by atoms with Crippen molar-refractivity contribution in [1.29, 1.82) is 0 Å². The second-order valence-electron chi connectivity index (χ2n) is 15.9. The molecule has 3 saturated heterocycles. The Morgan fingerprint density at radius 1 is 0.676 bits per heavy atom. The number of nitrogen functional groups attached to an aromatic ring is 3. The van der Waals surface area contributed by atoms with Crippen LogP contribution in [-0.2, 0) is 69.7 Å². The van der Waals surface area contributed by atoms with Gasteiger partial charge in [0.1, 0.15) is 78.3 Å². The number of imidazole rings is 3. The predicted octanol–water partition coefficient (Wildman–Crippen LogP) is 0.253. The van der Waals surface area contributed by atoms with Gasteiger partial charge >= 0.3 is 13.4 Å². The van der Waals surface area contributed by atoms with Crippen LogP contribution in [0.15, 0.2) is 38.0 Å². The zero-order valence-electron chi connectivity index (χ0n) is 36.0. The fraction of sp³-hybridized carbons (Fsp3) is 0.559. The van der Waals surface area contributed by atoms with E-state index in [1.54, 1.807) is 4.57 Å². The topological polar surface area (TPSA) is 390 Å². The predicted molar refractivity (Wildman–Crippen MR) is 243 cm³/mol. The van der Waals surface area contributed by atoms with Gasteiger partial charge < -0.3 is 74.2 Å². The summed E-state index contributed by atoms with van der Waals surface area (Å²) in [4.78, 5) is 60.8. The molecule has 0 spiro atoms. The lowest BCUT2D eigenvalue weighted by atomic mass is 10.1. The number of anilines is 3. The van der Waals surface area contributed by atoms with E-state index in [2.05, 4.69) is 44.9 Å². The third-order valence-electron chi connectivity index (χ3n) is 11.6. The van der Waals surface area contributed by atoms with Gasteiger partial charge in [0.15, 0.2) is 60.4 Å². The lowest BCUT2D eigenvalue weighted by Crippen LogP contribution is -2.37. The van der Waals surface area contributed by atoms with Crippen LogP contribution in [-0.4, -0.2) is 168 Å². The van der Waals surface area contributed by atoms with Crippen LogP contribution in [0, 0.1) is 0 Å². The molecule has 34 heteroatoms. The molecule has 6 aromatic rings. The third-order valence-corrected chi connectivity index (χ3v) is 16.6. The highest BCUT2D eigenvalue weighted by Gasteiger charge is 2.52. The van der Waals surface area contributed by atoms with Gasteiger partial charge in [-0.1, -0.05) is 0 Å². The van der Waals surface area contributed by atoms with Crippen molar-refractivity contribution in [1.82, 2.24) is 58.6 Å². The number of aromatic nitrogens is 12. The second kappa shape index (κ2) is 19.3. The van der Waals surface area contributed by atoms with Crippen molar-refractivity contribution in [3.8, 4) is 0 Å². The minimum Gasteiger partial charge on any atom is -0.387 e. The normalized spacial score (nSPS) is 30.3. The summed E-state index contributed by atoms with van der Waals surface area (Å²) in [5.74, 6) is 0.297. The third kappa shape index (κ3) is 9.75. The minimum absolute atomic E-state index is 0.0646. The molecule has 3 fully saturated rings. The monoisotopic (exact) mass is 1050 g/mol. The standard InChI is InChI=1S/C34H46N15O14P3S2/c1-55-24-18(8-58-65(53,67)62-16-6-15(4-5-64(3,52)56-2)59-32(16)47-12-44-19-26(35)38-9-41-29(19)47)61-34(49-14-46-21-28(37)40-11-43-31(21)49)25(24)63-66(54,68)57-7-17-22(50)23(51)33(60-17)48-13-45-20-27(36)39-10-42-30(20)48/h9-18,22-25,32-34,50-51H,4-8H2,1-3H3,(H,53,67)(H,54,68)(H2,35,38,41)(H2,36,39,42)(H2,37,40,43)/t15-,16-,17-,18-,22-,23-,24-,25-,32-,33-,34-,64?,65?,66?/m1/s1. The first-order valence-corrected chi connectivity index (χ1v) is 27.9. The first kappa shape index (κ1) is 49.1. The summed E-state index contributed by atoms with van der Waals surface area (Å²) >= 11 is 11.0. The smallest absolute Gasteiger partial charge is 0.325 e. The number of fused-ring (bicyclic) bond motifs is 3. The molecule has 0 aromatic carbocycles. The molecule has 3 aliphatic heterocycles. The highest BCUT2D eigenvalue weighted by Crippen LogP contribution is 2.54. The number of aliphatic hydroxyl groups is 2. The van der Waals surface area contributed by atoms with Gasteiger partial charge in [-0.3, -0.25) is 22.8 Å². The van der Waals surface area contributed by atoms with Gasteiger partial charge in [0.05, 0.1) is 38.3 Å². The Morgan fingerprint density at radius 3 is 1.69 bits per heavy atom. The second-order valence-corrected chi connectivity index (χ2v) is 24.3. The van der Waals surface area contributed by atoms with Crippen molar-refractivity contribution >= 4 is 95.4 Å². The Kier molecular flexibility index (Phi) is 14.0. The molecule has 368 valence electrons. The Hall–Kier alpha value is -3.94. The molecular formula is C34H46N15O14P3S2. The lowest BCUT2D eigenvalue weighted by Gasteiger charge is -2.28. The largest absolute Gasteiger partial charge is 0.387 e. The number of aliphatic hydroxyl groups excluding tert-OH is 2. The van der Waals surface area contributed by atoms with E-state index in [1.165, 1.54) is 68.0 Å². The molecular weight excluding hydrogens is 1000 g/mol. The summed E-state index contributed by atoms with van der Waals surface area (Å²) in [6.45, 7) is -8.03. The number of nitrogens with two attached hydrogens (primary N) is 3. The zero-order chi connectivity index (χ0) is 48.3. The van der Waals surface area contributed by atoms with E-state index in [4.69, 9.17) is 82.4 Å². The van der Waals surface area contributed by atoms with Crippen LogP contribution < -0.4 is 17.2 Å². The van der Waals surface area contributed by atoms with Crippen LogP contribution in [0.4, 0.5) is 17.5 Å². The Labute approximate surface area is 394 Å². The van der Waals surface area contributed by atoms with E-state index in [0.717, 1.165) is 0 Å². The quantitative estimate of drug-likeness (QED) is 0.0567. The van der Waals surface area contributed by atoms with Crippen LogP contribution in [0.25, 0.3) is 33.5 Å². The van der Waals surface area contributed by atoms with Crippen molar-refractivity contribution in [3.05, 3.63) is 38.0 Å². The Morgan fingerprint density at radius 2 is 1.16 bits per heavy atom. The first-order chi connectivity index (χ1) is 32.4. The number of nitrogens with zero attached hydrogens (tertiary/aromatic N) is 12. The van der Waals surface area contributed by atoms with Crippen LogP contribution in [0.2, 0.25) is 0 Å². The fourth-order valence-electron chi connectivity index (χ4n) is 8.16. The maximum Gasteiger partial charge on any atom is 0.325 e. The highest BCUT2D eigenvalue weighted by molar-refractivity contribution is 8.07. The summed E-state index contributed by atoms with van der Waals surface area (Å²) in [6, 6.07) is 0. The van der Waals surface area contributed by atoms with Gasteiger partial charge in [-0.05, 0) is 30.0 Å². The summed E-state index contributed by atoms with van der Waals surface area (Å²) in [6.07, 6.45) is -4.13. The number of hydrogen-bond acceptors (Lipinski definition) is 26. The van der Waals surface area contributed by atoms with Crippen LogP contribution in [0.5, 0.6) is 0 Å². The molecule has 68 heavy (non-hydrogen) atoms. The first-order valence-electron chi connectivity index (χ1n) is 20.5. The fourth-order valence-corrected chi connectivity index (χ4v) is 12.0. The van der Waals surface area contributed by atoms with Gasteiger partial charge in [0, 0.05) is 33.5 Å². The van der Waals surface area contributed by atoms with E-state index in [0.29, 0.717) is 17.6 Å². The SMILES string of the molecule is CO[C@H]1[C@@H](OP(O)(=S)OC[C@H]2O[C@@H](n3cnc4c(N)ncnc43)[C@H](O)[C@@H]2O)[C@H](n2cnc3c(N)ncnc32)O[C@@H]1COP(O)(=S)O[C@@H]1C[C@@H](CCP(C)(=O)OC)O[C@H]1n1cnc2c(N)ncnc21.